The molecular weight excluding hydrogens is 356 g/mol. The van der Waals surface area contributed by atoms with Gasteiger partial charge in [-0.3, -0.25) is 24.6 Å². The molecule has 1 saturated heterocycles. The predicted octanol–water partition coefficient (Wildman–Crippen LogP) is 0.0185. The number of urea groups is 2. The lowest BCUT2D eigenvalue weighted by molar-refractivity contribution is -0.151. The van der Waals surface area contributed by atoms with Gasteiger partial charge >= 0.3 is 18.0 Å². The summed E-state index contributed by atoms with van der Waals surface area (Å²) in [6.45, 7) is 0.680. The van der Waals surface area contributed by atoms with Gasteiger partial charge in [-0.1, -0.05) is 19.8 Å². The van der Waals surface area contributed by atoms with E-state index in [0.29, 0.717) is 6.42 Å². The van der Waals surface area contributed by atoms with E-state index >= 15 is 0 Å². The molecule has 27 heavy (non-hydrogen) atoms. The molecule has 10 nitrogen and oxygen atoms in total. The largest absolute Gasteiger partial charge is 0.454 e. The predicted molar refractivity (Wildman–Crippen MR) is 91.3 cm³/mol. The van der Waals surface area contributed by atoms with Gasteiger partial charge in [0.25, 0.3) is 11.8 Å². The maximum absolute atomic E-state index is 12.7. The van der Waals surface area contributed by atoms with E-state index in [9.17, 15) is 24.0 Å². The number of hydrogen-bond acceptors (Lipinski definition) is 6. The maximum atomic E-state index is 12.7. The molecule has 10 heteroatoms. The van der Waals surface area contributed by atoms with Crippen molar-refractivity contribution >= 4 is 29.8 Å². The molecule has 3 N–H and O–H groups in total. The van der Waals surface area contributed by atoms with Gasteiger partial charge in [-0.2, -0.15) is 0 Å². The van der Waals surface area contributed by atoms with Gasteiger partial charge in [-0.05, 0) is 31.6 Å². The summed E-state index contributed by atoms with van der Waals surface area (Å²) >= 11 is 0. The van der Waals surface area contributed by atoms with Crippen molar-refractivity contribution in [3.8, 4) is 0 Å². The Bertz CT molecular complexity index is 676. The number of carbonyl (C=O) groups is 5. The second-order valence-electron chi connectivity index (χ2n) is 7.40. The molecule has 0 aromatic heterocycles. The summed E-state index contributed by atoms with van der Waals surface area (Å²) < 4.78 is 4.78. The molecule has 0 bridgehead atoms. The number of esters is 1. The number of rotatable bonds is 5. The van der Waals surface area contributed by atoms with Crippen molar-refractivity contribution in [2.24, 2.45) is 5.92 Å². The number of carbonyl (C=O) groups excluding carboxylic acids is 5. The van der Waals surface area contributed by atoms with Crippen LogP contribution in [0.5, 0.6) is 0 Å². The first kappa shape index (κ1) is 19.1. The lowest BCUT2D eigenvalue weighted by Crippen LogP contribution is -2.54. The van der Waals surface area contributed by atoms with Crippen molar-refractivity contribution in [3.05, 3.63) is 0 Å². The summed E-state index contributed by atoms with van der Waals surface area (Å²) in [6, 6.07) is -1.17. The van der Waals surface area contributed by atoms with Gasteiger partial charge in [0.15, 0.2) is 6.61 Å². The standard InChI is InChI=1S/C17H24N4O6/c1-10-4-2-3-7-17(10)14(24)21(16(26)20-17)8-13(23)27-9-12(22)19-15(25)18-11-5-6-11/h10-11H,2-9H2,1H3,(H,20,26)(H2,18,19,22,25)/t10-,17+/m1/s1. The Morgan fingerprint density at radius 3 is 2.63 bits per heavy atom. The highest BCUT2D eigenvalue weighted by Crippen LogP contribution is 2.38. The van der Waals surface area contributed by atoms with E-state index < -0.39 is 48.5 Å². The first-order valence-electron chi connectivity index (χ1n) is 9.22. The minimum atomic E-state index is -0.951. The molecule has 0 radical (unpaired) electrons. The van der Waals surface area contributed by atoms with Crippen LogP contribution in [0.15, 0.2) is 0 Å². The molecule has 3 rings (SSSR count). The van der Waals surface area contributed by atoms with Crippen molar-refractivity contribution in [1.29, 1.82) is 0 Å². The molecule has 1 heterocycles. The Kier molecular flexibility index (Phi) is 5.33. The van der Waals surface area contributed by atoms with Gasteiger partial charge < -0.3 is 15.4 Å². The minimum absolute atomic E-state index is 0.0144. The normalized spacial score (nSPS) is 27.3. The van der Waals surface area contributed by atoms with E-state index in [0.717, 1.165) is 37.0 Å². The highest BCUT2D eigenvalue weighted by molar-refractivity contribution is 6.09. The van der Waals surface area contributed by atoms with E-state index in [-0.39, 0.29) is 12.0 Å². The highest BCUT2D eigenvalue weighted by atomic mass is 16.5. The van der Waals surface area contributed by atoms with Gasteiger partial charge in [-0.15, -0.1) is 0 Å². The number of imide groups is 2. The summed E-state index contributed by atoms with van der Waals surface area (Å²) in [6.07, 6.45) is 4.96. The number of hydrogen-bond donors (Lipinski definition) is 3. The molecule has 0 aromatic rings. The van der Waals surface area contributed by atoms with E-state index in [4.69, 9.17) is 4.74 Å². The Morgan fingerprint density at radius 1 is 1.22 bits per heavy atom. The fourth-order valence-electron chi connectivity index (χ4n) is 3.57. The summed E-state index contributed by atoms with van der Waals surface area (Å²) in [5.41, 5.74) is -0.951. The summed E-state index contributed by atoms with van der Waals surface area (Å²) in [4.78, 5) is 60.7. The zero-order valence-electron chi connectivity index (χ0n) is 15.2. The fraction of sp³-hybridized carbons (Fsp3) is 0.706. The lowest BCUT2D eigenvalue weighted by Gasteiger charge is -2.36. The van der Waals surface area contributed by atoms with Crippen molar-refractivity contribution < 1.29 is 28.7 Å². The average Bonchev–Trinajstić information content (AvgIpc) is 3.39. The van der Waals surface area contributed by atoms with Crippen LogP contribution in [0.2, 0.25) is 0 Å². The van der Waals surface area contributed by atoms with Crippen LogP contribution in [0.1, 0.15) is 45.4 Å². The Labute approximate surface area is 156 Å². The number of nitrogens with one attached hydrogen (secondary N) is 3. The average molecular weight is 380 g/mol. The topological polar surface area (TPSA) is 134 Å². The van der Waals surface area contributed by atoms with E-state index in [2.05, 4.69) is 10.6 Å². The number of ether oxygens (including phenoxy) is 1. The van der Waals surface area contributed by atoms with Crippen LogP contribution < -0.4 is 16.0 Å². The minimum Gasteiger partial charge on any atom is -0.454 e. The summed E-state index contributed by atoms with van der Waals surface area (Å²) in [5, 5.41) is 7.34. The molecule has 2 saturated carbocycles. The zero-order chi connectivity index (χ0) is 19.6. The van der Waals surface area contributed by atoms with Crippen molar-refractivity contribution in [2.75, 3.05) is 13.2 Å². The van der Waals surface area contributed by atoms with Crippen LogP contribution in [0.3, 0.4) is 0 Å². The van der Waals surface area contributed by atoms with Gasteiger partial charge in [-0.25, -0.2) is 9.59 Å². The second kappa shape index (κ2) is 7.53. The summed E-state index contributed by atoms with van der Waals surface area (Å²) in [5.74, 6) is -2.11. The third-order valence-electron chi connectivity index (χ3n) is 5.32. The molecule has 1 aliphatic heterocycles. The molecule has 6 amide bonds. The molecule has 2 atom stereocenters. The third-order valence-corrected chi connectivity index (χ3v) is 5.32. The smallest absolute Gasteiger partial charge is 0.326 e. The van der Waals surface area contributed by atoms with Gasteiger partial charge in [0, 0.05) is 6.04 Å². The van der Waals surface area contributed by atoms with Crippen LogP contribution in [-0.2, 0) is 19.1 Å². The molecule has 1 spiro atoms. The molecule has 0 aromatic carbocycles. The monoisotopic (exact) mass is 380 g/mol. The Morgan fingerprint density at radius 2 is 1.96 bits per heavy atom. The Balaban J connectivity index is 1.47. The van der Waals surface area contributed by atoms with Gasteiger partial charge in [0.05, 0.1) is 0 Å². The third kappa shape index (κ3) is 4.20. The van der Waals surface area contributed by atoms with Crippen molar-refractivity contribution in [3.63, 3.8) is 0 Å². The lowest BCUT2D eigenvalue weighted by atomic mass is 9.73. The number of nitrogens with zero attached hydrogens (tertiary/aromatic N) is 1. The zero-order valence-corrected chi connectivity index (χ0v) is 15.2. The molecule has 2 aliphatic carbocycles. The van der Waals surface area contributed by atoms with E-state index in [1.54, 1.807) is 0 Å². The fourth-order valence-corrected chi connectivity index (χ4v) is 3.57. The van der Waals surface area contributed by atoms with Crippen LogP contribution in [0.25, 0.3) is 0 Å². The van der Waals surface area contributed by atoms with Gasteiger partial charge in [0.1, 0.15) is 12.1 Å². The summed E-state index contributed by atoms with van der Waals surface area (Å²) in [7, 11) is 0. The quantitative estimate of drug-likeness (QED) is 0.455. The molecule has 3 aliphatic rings. The van der Waals surface area contributed by atoms with E-state index in [1.165, 1.54) is 0 Å². The van der Waals surface area contributed by atoms with Crippen molar-refractivity contribution in [1.82, 2.24) is 20.9 Å². The first-order valence-corrected chi connectivity index (χ1v) is 9.22. The van der Waals surface area contributed by atoms with Crippen molar-refractivity contribution in [2.45, 2.75) is 57.0 Å². The molecule has 3 fully saturated rings. The van der Waals surface area contributed by atoms with Crippen LogP contribution in [0, 0.1) is 5.92 Å². The highest BCUT2D eigenvalue weighted by Gasteiger charge is 2.55. The second-order valence-corrected chi connectivity index (χ2v) is 7.40. The maximum Gasteiger partial charge on any atom is 0.326 e. The molecule has 148 valence electrons. The SMILES string of the molecule is C[C@@H]1CCCC[C@]12NC(=O)N(CC(=O)OCC(=O)NC(=O)NC1CC1)C2=O. The Hall–Kier alpha value is -2.65. The van der Waals surface area contributed by atoms with E-state index in [1.807, 2.05) is 12.2 Å². The van der Waals surface area contributed by atoms with Crippen LogP contribution >= 0.6 is 0 Å². The van der Waals surface area contributed by atoms with Gasteiger partial charge in [0.2, 0.25) is 0 Å². The van der Waals surface area contributed by atoms with Crippen LogP contribution in [0.4, 0.5) is 9.59 Å². The van der Waals surface area contributed by atoms with Crippen LogP contribution in [-0.4, -0.2) is 59.5 Å². The molecular formula is C17H24N4O6. The molecule has 0 unspecified atom stereocenters. The first-order chi connectivity index (χ1) is 12.8. The number of amides is 6.